The van der Waals surface area contributed by atoms with Gasteiger partial charge in [-0.25, -0.2) is 4.79 Å². The van der Waals surface area contributed by atoms with Crippen LogP contribution in [0.15, 0.2) is 48.5 Å². The number of carbonyl (C=O) groups is 1. The molecule has 6 nitrogen and oxygen atoms in total. The van der Waals surface area contributed by atoms with Crippen molar-refractivity contribution in [3.8, 4) is 5.75 Å². The molecule has 2 saturated heterocycles. The van der Waals surface area contributed by atoms with Gasteiger partial charge in [0.15, 0.2) is 11.8 Å². The van der Waals surface area contributed by atoms with Crippen LogP contribution in [0.25, 0.3) is 0 Å². The monoisotopic (exact) mass is 491 g/mol. The number of carbonyl (C=O) groups excluding carboxylic acids is 1. The van der Waals surface area contributed by atoms with Crippen molar-refractivity contribution in [1.29, 1.82) is 0 Å². The van der Waals surface area contributed by atoms with E-state index < -0.39 is 30.1 Å². The lowest BCUT2D eigenvalue weighted by molar-refractivity contribution is -0.334. The average molecular weight is 492 g/mol. The number of piperidine rings is 1. The van der Waals surface area contributed by atoms with Crippen LogP contribution >= 0.6 is 0 Å². The van der Waals surface area contributed by atoms with Gasteiger partial charge < -0.3 is 20.1 Å². The molecule has 2 fully saturated rings. The molecule has 0 saturated carbocycles. The zero-order valence-corrected chi connectivity index (χ0v) is 20.1. The lowest BCUT2D eigenvalue weighted by Gasteiger charge is -2.44. The lowest BCUT2D eigenvalue weighted by atomic mass is 9.85. The molecule has 9 heteroatoms. The molecule has 4 rings (SSSR count). The van der Waals surface area contributed by atoms with Crippen molar-refractivity contribution in [1.82, 2.24) is 10.6 Å². The van der Waals surface area contributed by atoms with E-state index in [1.807, 2.05) is 31.2 Å². The molecule has 2 heterocycles. The number of alkyl halides is 3. The Balaban J connectivity index is 1.48. The molecule has 0 bridgehead atoms. The standard InChI is InChI=1S/C26H32F3N3O3/c1-16(2)18-9-11-19(12-10-18)31-24(33)32-21-13-8-17(3)30-23(21)35-22-7-5-4-6-20(22)25(14-15-34-25)26(27,28)29/h4-7,9-12,16-17,21,23,30H,8,13-15H2,1-3H3,(H2,31,32,33). The van der Waals surface area contributed by atoms with Crippen LogP contribution in [0.4, 0.5) is 23.7 Å². The topological polar surface area (TPSA) is 71.6 Å². The van der Waals surface area contributed by atoms with Crippen molar-refractivity contribution < 1.29 is 27.4 Å². The van der Waals surface area contributed by atoms with Crippen LogP contribution < -0.4 is 20.7 Å². The van der Waals surface area contributed by atoms with Crippen LogP contribution in [0.1, 0.15) is 57.1 Å². The second-order valence-corrected chi connectivity index (χ2v) is 9.58. The molecule has 4 atom stereocenters. The fraction of sp³-hybridized carbons (Fsp3) is 0.500. The first kappa shape index (κ1) is 25.3. The number of hydrogen-bond acceptors (Lipinski definition) is 4. The summed E-state index contributed by atoms with van der Waals surface area (Å²) >= 11 is 0. The Bertz CT molecular complexity index is 1020. The number of rotatable bonds is 6. The van der Waals surface area contributed by atoms with E-state index in [9.17, 15) is 18.0 Å². The predicted molar refractivity (Wildman–Crippen MR) is 127 cm³/mol. The number of halogens is 3. The number of ether oxygens (including phenoxy) is 2. The van der Waals surface area contributed by atoms with Gasteiger partial charge in [-0.3, -0.25) is 5.32 Å². The van der Waals surface area contributed by atoms with E-state index in [-0.39, 0.29) is 30.4 Å². The molecule has 2 aromatic carbocycles. The van der Waals surface area contributed by atoms with E-state index in [1.165, 1.54) is 17.7 Å². The Morgan fingerprint density at radius 1 is 1.14 bits per heavy atom. The highest BCUT2D eigenvalue weighted by Crippen LogP contribution is 2.52. The van der Waals surface area contributed by atoms with Crippen LogP contribution in [0.3, 0.4) is 0 Å². The summed E-state index contributed by atoms with van der Waals surface area (Å²) in [5.74, 6) is 0.475. The predicted octanol–water partition coefficient (Wildman–Crippen LogP) is 5.66. The molecule has 2 aliphatic rings. The van der Waals surface area contributed by atoms with Gasteiger partial charge in [0.05, 0.1) is 12.6 Å². The maximum absolute atomic E-state index is 13.9. The molecule has 2 aliphatic heterocycles. The second kappa shape index (κ2) is 10.1. The maximum atomic E-state index is 13.9. The summed E-state index contributed by atoms with van der Waals surface area (Å²) in [6.07, 6.45) is -4.04. The fourth-order valence-electron chi connectivity index (χ4n) is 4.55. The van der Waals surface area contributed by atoms with Crippen LogP contribution in [0.5, 0.6) is 5.75 Å². The van der Waals surface area contributed by atoms with E-state index in [2.05, 4.69) is 29.8 Å². The van der Waals surface area contributed by atoms with Gasteiger partial charge in [0.2, 0.25) is 0 Å². The largest absolute Gasteiger partial charge is 0.473 e. The summed E-state index contributed by atoms with van der Waals surface area (Å²) in [6, 6.07) is 12.9. The summed E-state index contributed by atoms with van der Waals surface area (Å²) in [5.41, 5.74) is -0.597. The van der Waals surface area contributed by atoms with Gasteiger partial charge in [-0.15, -0.1) is 0 Å². The molecule has 4 unspecified atom stereocenters. The summed E-state index contributed by atoms with van der Waals surface area (Å²) in [6.45, 7) is 6.20. The molecule has 0 aliphatic carbocycles. The number of urea groups is 1. The first-order valence-electron chi connectivity index (χ1n) is 12.0. The lowest BCUT2D eigenvalue weighted by Crippen LogP contribution is -2.59. The summed E-state index contributed by atoms with van der Waals surface area (Å²) in [4.78, 5) is 12.7. The fourth-order valence-corrected chi connectivity index (χ4v) is 4.55. The van der Waals surface area contributed by atoms with Crippen LogP contribution in [0, 0.1) is 0 Å². The van der Waals surface area contributed by atoms with Crippen molar-refractivity contribution in [2.45, 2.75) is 76.0 Å². The van der Waals surface area contributed by atoms with Crippen molar-refractivity contribution in [2.75, 3.05) is 11.9 Å². The quantitative estimate of drug-likeness (QED) is 0.488. The highest BCUT2D eigenvalue weighted by atomic mass is 19.4. The van der Waals surface area contributed by atoms with E-state index >= 15 is 0 Å². The normalized spacial score (nSPS) is 26.7. The Morgan fingerprint density at radius 3 is 2.43 bits per heavy atom. The maximum Gasteiger partial charge on any atom is 0.421 e. The zero-order valence-electron chi connectivity index (χ0n) is 20.1. The second-order valence-electron chi connectivity index (χ2n) is 9.58. The van der Waals surface area contributed by atoms with Gasteiger partial charge in [0.1, 0.15) is 5.75 Å². The van der Waals surface area contributed by atoms with Crippen LogP contribution in [-0.4, -0.2) is 37.1 Å². The molecule has 0 spiro atoms. The molecule has 2 amide bonds. The minimum absolute atomic E-state index is 0.0368. The minimum Gasteiger partial charge on any atom is -0.473 e. The third-order valence-electron chi connectivity index (χ3n) is 6.71. The number of anilines is 1. The number of benzene rings is 2. The van der Waals surface area contributed by atoms with Crippen molar-refractivity contribution >= 4 is 11.7 Å². The van der Waals surface area contributed by atoms with E-state index in [0.29, 0.717) is 18.0 Å². The molecule has 3 N–H and O–H groups in total. The average Bonchev–Trinajstić information content (AvgIpc) is 2.75. The molecular formula is C26H32F3N3O3. The molecule has 0 aromatic heterocycles. The number of amides is 2. The first-order chi connectivity index (χ1) is 16.6. The molecule has 0 radical (unpaired) electrons. The number of para-hydroxylation sites is 1. The molecular weight excluding hydrogens is 459 g/mol. The van der Waals surface area contributed by atoms with Crippen molar-refractivity contribution in [3.63, 3.8) is 0 Å². The smallest absolute Gasteiger partial charge is 0.421 e. The van der Waals surface area contributed by atoms with E-state index in [0.717, 1.165) is 6.42 Å². The highest BCUT2D eigenvalue weighted by Gasteiger charge is 2.62. The first-order valence-corrected chi connectivity index (χ1v) is 12.0. The Kier molecular flexibility index (Phi) is 7.28. The summed E-state index contributed by atoms with van der Waals surface area (Å²) in [5, 5.41) is 9.01. The van der Waals surface area contributed by atoms with Gasteiger partial charge >= 0.3 is 12.2 Å². The van der Waals surface area contributed by atoms with Gasteiger partial charge in [-0.05, 0) is 49.4 Å². The Hall–Kier alpha value is -2.78. The molecule has 190 valence electrons. The van der Waals surface area contributed by atoms with E-state index in [4.69, 9.17) is 9.47 Å². The third-order valence-corrected chi connectivity index (χ3v) is 6.71. The van der Waals surface area contributed by atoms with Gasteiger partial charge in [-0.1, -0.05) is 44.2 Å². The van der Waals surface area contributed by atoms with E-state index in [1.54, 1.807) is 12.1 Å². The van der Waals surface area contributed by atoms with Crippen molar-refractivity contribution in [2.24, 2.45) is 0 Å². The third kappa shape index (κ3) is 5.41. The summed E-state index contributed by atoms with van der Waals surface area (Å²) < 4.78 is 53.0. The van der Waals surface area contributed by atoms with Crippen LogP contribution in [-0.2, 0) is 10.3 Å². The zero-order chi connectivity index (χ0) is 25.2. The Morgan fingerprint density at radius 2 is 1.83 bits per heavy atom. The van der Waals surface area contributed by atoms with Gasteiger partial charge in [0, 0.05) is 23.7 Å². The number of hydrogen-bond donors (Lipinski definition) is 3. The summed E-state index contributed by atoms with van der Waals surface area (Å²) in [7, 11) is 0. The highest BCUT2D eigenvalue weighted by molar-refractivity contribution is 5.89. The Labute approximate surface area is 203 Å². The number of nitrogens with one attached hydrogen (secondary N) is 3. The van der Waals surface area contributed by atoms with Gasteiger partial charge in [0.25, 0.3) is 0 Å². The molecule has 2 aromatic rings. The SMILES string of the molecule is CC1CCC(NC(=O)Nc2ccc(C(C)C)cc2)C(Oc2ccccc2C2(C(F)(F)F)CCO2)N1. The molecule has 35 heavy (non-hydrogen) atoms. The van der Waals surface area contributed by atoms with Gasteiger partial charge in [-0.2, -0.15) is 13.2 Å². The van der Waals surface area contributed by atoms with Crippen LogP contribution in [0.2, 0.25) is 0 Å². The minimum atomic E-state index is -4.57. The van der Waals surface area contributed by atoms with Crippen molar-refractivity contribution in [3.05, 3.63) is 59.7 Å².